The first-order valence-electron chi connectivity index (χ1n) is 6.31. The summed E-state index contributed by atoms with van der Waals surface area (Å²) < 4.78 is 5.23. The maximum absolute atomic E-state index is 12.0. The Balaban J connectivity index is 2.94. The van der Waals surface area contributed by atoms with Crippen LogP contribution < -0.4 is 0 Å². The molecule has 0 spiro atoms. The van der Waals surface area contributed by atoms with Gasteiger partial charge in [0.05, 0.1) is 12.5 Å². The molecule has 0 radical (unpaired) electrons. The molecule has 1 aliphatic rings. The van der Waals surface area contributed by atoms with Gasteiger partial charge < -0.3 is 4.74 Å². The number of amides is 1. The highest BCUT2D eigenvalue weighted by atomic mass is 16.6. The largest absolute Gasteiger partial charge is 0.444 e. The van der Waals surface area contributed by atoms with Gasteiger partial charge in [-0.05, 0) is 34.1 Å². The van der Waals surface area contributed by atoms with Gasteiger partial charge in [-0.2, -0.15) is 0 Å². The molecular weight excluding hydrogens is 246 g/mol. The Morgan fingerprint density at radius 1 is 1.47 bits per heavy atom. The molecule has 0 bridgehead atoms. The lowest BCUT2D eigenvalue weighted by molar-refractivity contribution is -0.125. The molecule has 1 aliphatic heterocycles. The van der Waals surface area contributed by atoms with Gasteiger partial charge >= 0.3 is 6.09 Å². The van der Waals surface area contributed by atoms with Crippen LogP contribution in [0.4, 0.5) is 4.79 Å². The van der Waals surface area contributed by atoms with Crippen LogP contribution >= 0.6 is 0 Å². The summed E-state index contributed by atoms with van der Waals surface area (Å²) in [6.07, 6.45) is 1.37. The fraction of sp³-hybridized carbons (Fsp3) is 0.643. The number of nitrogens with zero attached hydrogens (tertiary/aromatic N) is 1. The summed E-state index contributed by atoms with van der Waals surface area (Å²) in [5.41, 5.74) is -0.655. The smallest absolute Gasteiger partial charge is 0.411 e. The van der Waals surface area contributed by atoms with Gasteiger partial charge in [-0.15, -0.1) is 6.58 Å². The van der Waals surface area contributed by atoms with E-state index in [9.17, 15) is 14.4 Å². The number of Topliss-reactive ketones (excluding diaryl/α,β-unsaturated/α-hetero) is 2. The number of carbonyl (C=O) groups is 3. The fourth-order valence-electron chi connectivity index (χ4n) is 2.22. The van der Waals surface area contributed by atoms with Crippen molar-refractivity contribution in [2.75, 3.05) is 6.54 Å². The summed E-state index contributed by atoms with van der Waals surface area (Å²) in [5.74, 6) is -0.822. The van der Waals surface area contributed by atoms with E-state index in [1.807, 2.05) is 0 Å². The topological polar surface area (TPSA) is 63.7 Å². The van der Waals surface area contributed by atoms with Crippen LogP contribution in [-0.4, -0.2) is 40.7 Å². The molecule has 5 heteroatoms. The van der Waals surface area contributed by atoms with E-state index in [0.717, 1.165) is 0 Å². The number of ketones is 2. The molecule has 0 saturated carbocycles. The standard InChI is InChI=1S/C14H21NO4/c1-6-7-10-11(17)8-15(12(10)9(2)16)13(18)19-14(3,4)5/h6,10,12H,1,7-8H2,2-5H3/t10?,12-/m0/s1. The second-order valence-electron chi connectivity index (χ2n) is 5.76. The molecule has 2 atom stereocenters. The Bertz CT molecular complexity index is 408. The molecule has 1 saturated heterocycles. The van der Waals surface area contributed by atoms with Crippen molar-refractivity contribution in [2.24, 2.45) is 5.92 Å². The maximum atomic E-state index is 12.0. The zero-order chi connectivity index (χ0) is 14.8. The molecule has 1 heterocycles. The van der Waals surface area contributed by atoms with Crippen LogP contribution in [0.25, 0.3) is 0 Å². The van der Waals surface area contributed by atoms with Crippen molar-refractivity contribution in [3.05, 3.63) is 12.7 Å². The van der Waals surface area contributed by atoms with Crippen LogP contribution in [0.2, 0.25) is 0 Å². The predicted molar refractivity (Wildman–Crippen MR) is 70.7 cm³/mol. The van der Waals surface area contributed by atoms with Gasteiger partial charge in [0.1, 0.15) is 11.6 Å². The molecule has 1 amide bonds. The number of allylic oxidation sites excluding steroid dienone is 1. The second kappa shape index (κ2) is 5.55. The first kappa shape index (κ1) is 15.4. The molecule has 1 fully saturated rings. The van der Waals surface area contributed by atoms with E-state index < -0.39 is 23.7 Å². The van der Waals surface area contributed by atoms with Crippen molar-refractivity contribution >= 4 is 17.7 Å². The number of hydrogen-bond donors (Lipinski definition) is 0. The third-order valence-electron chi connectivity index (χ3n) is 2.92. The van der Waals surface area contributed by atoms with E-state index in [4.69, 9.17) is 4.74 Å². The first-order valence-corrected chi connectivity index (χ1v) is 6.31. The normalized spacial score (nSPS) is 23.4. The van der Waals surface area contributed by atoms with E-state index in [1.165, 1.54) is 11.8 Å². The molecule has 1 unspecified atom stereocenters. The van der Waals surface area contributed by atoms with Crippen LogP contribution in [0.15, 0.2) is 12.7 Å². The van der Waals surface area contributed by atoms with Gasteiger partial charge in [0.25, 0.3) is 0 Å². The van der Waals surface area contributed by atoms with Gasteiger partial charge in [-0.1, -0.05) is 6.08 Å². The van der Waals surface area contributed by atoms with Crippen LogP contribution in [0.3, 0.4) is 0 Å². The van der Waals surface area contributed by atoms with E-state index >= 15 is 0 Å². The van der Waals surface area contributed by atoms with Crippen LogP contribution in [0.1, 0.15) is 34.1 Å². The van der Waals surface area contributed by atoms with Gasteiger partial charge in [-0.25, -0.2) is 4.79 Å². The van der Waals surface area contributed by atoms with E-state index in [-0.39, 0.29) is 18.1 Å². The average molecular weight is 267 g/mol. The van der Waals surface area contributed by atoms with Crippen molar-refractivity contribution < 1.29 is 19.1 Å². The fourth-order valence-corrected chi connectivity index (χ4v) is 2.22. The number of rotatable bonds is 3. The molecule has 0 aromatic carbocycles. The quantitative estimate of drug-likeness (QED) is 0.733. The summed E-state index contributed by atoms with van der Waals surface area (Å²) in [6, 6.07) is -0.736. The van der Waals surface area contributed by atoms with Crippen molar-refractivity contribution in [3.63, 3.8) is 0 Å². The van der Waals surface area contributed by atoms with Gasteiger partial charge in [0.2, 0.25) is 0 Å². The van der Waals surface area contributed by atoms with Gasteiger partial charge in [0.15, 0.2) is 11.6 Å². The van der Waals surface area contributed by atoms with Gasteiger partial charge in [0, 0.05) is 0 Å². The van der Waals surface area contributed by atoms with Gasteiger partial charge in [-0.3, -0.25) is 14.5 Å². The Kier molecular flexibility index (Phi) is 4.50. The third kappa shape index (κ3) is 3.66. The molecule has 0 N–H and O–H groups in total. The maximum Gasteiger partial charge on any atom is 0.411 e. The highest BCUT2D eigenvalue weighted by molar-refractivity contribution is 5.99. The zero-order valence-corrected chi connectivity index (χ0v) is 11.9. The summed E-state index contributed by atoms with van der Waals surface area (Å²) in [7, 11) is 0. The molecule has 5 nitrogen and oxygen atoms in total. The number of hydrogen-bond acceptors (Lipinski definition) is 4. The monoisotopic (exact) mass is 267 g/mol. The lowest BCUT2D eigenvalue weighted by Crippen LogP contribution is -2.44. The Morgan fingerprint density at radius 2 is 2.05 bits per heavy atom. The number of likely N-dealkylation sites (tertiary alicyclic amines) is 1. The lowest BCUT2D eigenvalue weighted by Gasteiger charge is -2.28. The van der Waals surface area contributed by atoms with E-state index in [0.29, 0.717) is 6.42 Å². The minimum Gasteiger partial charge on any atom is -0.444 e. The zero-order valence-electron chi connectivity index (χ0n) is 11.9. The average Bonchev–Trinajstić information content (AvgIpc) is 2.54. The summed E-state index contributed by atoms with van der Waals surface area (Å²) in [4.78, 5) is 36.9. The Hall–Kier alpha value is -1.65. The summed E-state index contributed by atoms with van der Waals surface area (Å²) in [6.45, 7) is 10.1. The van der Waals surface area contributed by atoms with Crippen molar-refractivity contribution in [1.82, 2.24) is 4.90 Å². The number of carbonyl (C=O) groups excluding carboxylic acids is 3. The number of ether oxygens (including phenoxy) is 1. The van der Waals surface area contributed by atoms with Crippen molar-refractivity contribution in [3.8, 4) is 0 Å². The van der Waals surface area contributed by atoms with Crippen LogP contribution in [0.5, 0.6) is 0 Å². The first-order chi connectivity index (χ1) is 8.67. The molecule has 106 valence electrons. The Labute approximate surface area is 113 Å². The van der Waals surface area contributed by atoms with E-state index in [1.54, 1.807) is 26.8 Å². The molecule has 0 aromatic rings. The third-order valence-corrected chi connectivity index (χ3v) is 2.92. The SMILES string of the molecule is C=CCC1C(=O)CN(C(=O)OC(C)(C)C)[C@H]1C(C)=O. The highest BCUT2D eigenvalue weighted by Gasteiger charge is 2.46. The molecule has 1 rings (SSSR count). The highest BCUT2D eigenvalue weighted by Crippen LogP contribution is 2.27. The molecule has 0 aromatic heterocycles. The predicted octanol–water partition coefficient (Wildman–Crippen LogP) is 1.96. The van der Waals surface area contributed by atoms with Crippen molar-refractivity contribution in [2.45, 2.75) is 45.8 Å². The summed E-state index contributed by atoms with van der Waals surface area (Å²) >= 11 is 0. The van der Waals surface area contributed by atoms with Crippen LogP contribution in [-0.2, 0) is 14.3 Å². The molecular formula is C14H21NO4. The minimum absolute atomic E-state index is 0.0718. The molecule has 0 aliphatic carbocycles. The van der Waals surface area contributed by atoms with Crippen LogP contribution in [0, 0.1) is 5.92 Å². The van der Waals surface area contributed by atoms with E-state index in [2.05, 4.69) is 6.58 Å². The summed E-state index contributed by atoms with van der Waals surface area (Å²) in [5, 5.41) is 0. The molecule has 19 heavy (non-hydrogen) atoms. The minimum atomic E-state index is -0.736. The lowest BCUT2D eigenvalue weighted by atomic mass is 9.93. The Morgan fingerprint density at radius 3 is 2.47 bits per heavy atom. The van der Waals surface area contributed by atoms with Crippen molar-refractivity contribution in [1.29, 1.82) is 0 Å². The second-order valence-corrected chi connectivity index (χ2v) is 5.76.